The van der Waals surface area contributed by atoms with Crippen molar-refractivity contribution < 1.29 is 13.9 Å². The molecular weight excluding hydrogens is 286 g/mol. The maximum absolute atomic E-state index is 13.9. The maximum Gasteiger partial charge on any atom is 0.153 e. The first-order valence-electron chi connectivity index (χ1n) is 7.59. The van der Waals surface area contributed by atoms with Crippen LogP contribution in [-0.4, -0.2) is 25.7 Å². The summed E-state index contributed by atoms with van der Waals surface area (Å²) < 4.78 is 19.8. The Hall–Kier alpha value is -0.950. The number of hydrogen-bond acceptors (Lipinski definition) is 2. The van der Waals surface area contributed by atoms with Gasteiger partial charge in [-0.1, -0.05) is 13.8 Å². The van der Waals surface area contributed by atoms with Gasteiger partial charge in [-0.15, -0.1) is 8.58 Å². The van der Waals surface area contributed by atoms with E-state index in [4.69, 9.17) is 4.74 Å². The van der Waals surface area contributed by atoms with Crippen molar-refractivity contribution in [2.45, 2.75) is 39.0 Å². The number of rotatable bonds is 8. The van der Waals surface area contributed by atoms with Gasteiger partial charge >= 0.3 is 0 Å². The summed E-state index contributed by atoms with van der Waals surface area (Å²) in [6.45, 7) is 7.18. The van der Waals surface area contributed by atoms with Crippen molar-refractivity contribution in [2.75, 3.05) is 19.4 Å². The predicted molar refractivity (Wildman–Crippen MR) is 86.8 cm³/mol. The molecule has 116 valence electrons. The highest BCUT2D eigenvalue weighted by Gasteiger charge is 2.29. The van der Waals surface area contributed by atoms with Crippen LogP contribution in [0.4, 0.5) is 4.39 Å². The molecule has 2 rings (SSSR count). The second kappa shape index (κ2) is 6.87. The van der Waals surface area contributed by atoms with Crippen LogP contribution in [0.2, 0.25) is 0 Å². The Morgan fingerprint density at radius 1 is 1.48 bits per heavy atom. The highest BCUT2D eigenvalue weighted by molar-refractivity contribution is 7.37. The zero-order valence-corrected chi connectivity index (χ0v) is 14.0. The van der Waals surface area contributed by atoms with Gasteiger partial charge in [0.05, 0.1) is 12.2 Å². The fourth-order valence-electron chi connectivity index (χ4n) is 2.47. The fourth-order valence-corrected chi connectivity index (χ4v) is 3.68. The van der Waals surface area contributed by atoms with E-state index in [0.717, 1.165) is 39.6 Å². The molecule has 1 aliphatic carbocycles. The van der Waals surface area contributed by atoms with Crippen molar-refractivity contribution in [1.82, 2.24) is 0 Å². The van der Waals surface area contributed by atoms with Crippen molar-refractivity contribution >= 4 is 14.9 Å². The molecule has 0 aliphatic heterocycles. The Morgan fingerprint density at radius 3 is 2.71 bits per heavy atom. The van der Waals surface area contributed by atoms with E-state index >= 15 is 0 Å². The number of hydrogen-bond donors (Lipinski definition) is 0. The highest BCUT2D eigenvalue weighted by Crippen LogP contribution is 2.45. The summed E-state index contributed by atoms with van der Waals surface area (Å²) in [6, 6.07) is 3.06. The van der Waals surface area contributed by atoms with Gasteiger partial charge in [-0.3, -0.25) is 4.79 Å². The molecule has 1 aromatic rings. The lowest BCUT2D eigenvalue weighted by Crippen LogP contribution is -2.27. The molecule has 2 unspecified atom stereocenters. The zero-order chi connectivity index (χ0) is 15.5. The summed E-state index contributed by atoms with van der Waals surface area (Å²) in [4.78, 5) is 10.9. The van der Waals surface area contributed by atoms with Crippen LogP contribution in [0.3, 0.4) is 0 Å². The van der Waals surface area contributed by atoms with Crippen LogP contribution in [0.25, 0.3) is 0 Å². The number of carbonyl (C=O) groups is 1. The molecule has 0 amide bonds. The minimum absolute atomic E-state index is 0.133. The molecule has 2 nitrogen and oxygen atoms in total. The number of ether oxygens (including phenoxy) is 1. The van der Waals surface area contributed by atoms with E-state index in [-0.39, 0.29) is 11.0 Å². The van der Waals surface area contributed by atoms with Crippen molar-refractivity contribution in [3.8, 4) is 5.75 Å². The standard InChI is InChI=1S/C17H24FO2P/c1-4-17(2,11-21-3)10-20-16-8-15(18)13(9-19)7-14(16)12-5-6-12/h7-9,12,21H,4-6,10-11H2,1-3H3. The number of halogens is 1. The summed E-state index contributed by atoms with van der Waals surface area (Å²) in [5.41, 5.74) is 1.27. The molecule has 0 radical (unpaired) electrons. The van der Waals surface area contributed by atoms with E-state index < -0.39 is 5.82 Å². The third kappa shape index (κ3) is 4.03. The van der Waals surface area contributed by atoms with Gasteiger partial charge in [-0.05, 0) is 49.6 Å². The van der Waals surface area contributed by atoms with Crippen molar-refractivity contribution in [3.05, 3.63) is 29.1 Å². The number of carbonyl (C=O) groups excluding carboxylic acids is 1. The number of aldehydes is 1. The molecule has 0 heterocycles. The lowest BCUT2D eigenvalue weighted by atomic mass is 9.91. The molecule has 0 saturated heterocycles. The van der Waals surface area contributed by atoms with E-state index in [1.165, 1.54) is 6.07 Å². The van der Waals surface area contributed by atoms with Crippen LogP contribution in [0.1, 0.15) is 54.9 Å². The summed E-state index contributed by atoms with van der Waals surface area (Å²) in [7, 11) is 0.884. The van der Waals surface area contributed by atoms with Gasteiger partial charge in [0.15, 0.2) is 6.29 Å². The quantitative estimate of drug-likeness (QED) is 0.517. The minimum atomic E-state index is -0.486. The van der Waals surface area contributed by atoms with E-state index in [2.05, 4.69) is 20.5 Å². The second-order valence-electron chi connectivity index (χ2n) is 6.29. The molecule has 1 fully saturated rings. The Labute approximate surface area is 128 Å². The smallest absolute Gasteiger partial charge is 0.153 e. The Kier molecular flexibility index (Phi) is 5.37. The topological polar surface area (TPSA) is 26.3 Å². The van der Waals surface area contributed by atoms with Crippen molar-refractivity contribution in [3.63, 3.8) is 0 Å². The second-order valence-corrected chi connectivity index (χ2v) is 7.35. The number of benzene rings is 1. The van der Waals surface area contributed by atoms with Gasteiger partial charge in [0.1, 0.15) is 11.6 Å². The molecule has 21 heavy (non-hydrogen) atoms. The first-order valence-corrected chi connectivity index (χ1v) is 9.29. The van der Waals surface area contributed by atoms with E-state index in [1.54, 1.807) is 6.07 Å². The molecule has 4 heteroatoms. The normalized spacial score (nSPS) is 17.9. The lowest BCUT2D eigenvalue weighted by molar-refractivity contribution is 0.111. The van der Waals surface area contributed by atoms with Crippen LogP contribution in [-0.2, 0) is 0 Å². The van der Waals surface area contributed by atoms with Crippen molar-refractivity contribution in [2.24, 2.45) is 5.41 Å². The van der Waals surface area contributed by atoms with Gasteiger partial charge in [0, 0.05) is 11.5 Å². The average Bonchev–Trinajstić information content (AvgIpc) is 3.30. The largest absolute Gasteiger partial charge is 0.493 e. The first-order chi connectivity index (χ1) is 10.0. The van der Waals surface area contributed by atoms with Gasteiger partial charge in [0.25, 0.3) is 0 Å². The van der Waals surface area contributed by atoms with E-state index in [1.807, 2.05) is 0 Å². The predicted octanol–water partition coefficient (Wildman–Crippen LogP) is 4.62. The van der Waals surface area contributed by atoms with Crippen LogP contribution >= 0.6 is 8.58 Å². The summed E-state index contributed by atoms with van der Waals surface area (Å²) in [5.74, 6) is 0.569. The SMILES string of the molecule is CCC(C)(COc1cc(F)c(C=O)cc1C1CC1)CPC. The molecule has 1 aliphatic rings. The third-order valence-electron chi connectivity index (χ3n) is 4.31. The molecule has 0 bridgehead atoms. The Morgan fingerprint density at radius 2 is 2.19 bits per heavy atom. The maximum atomic E-state index is 13.9. The third-order valence-corrected chi connectivity index (χ3v) is 5.51. The van der Waals surface area contributed by atoms with E-state index in [9.17, 15) is 9.18 Å². The molecule has 1 saturated carbocycles. The lowest BCUT2D eigenvalue weighted by Gasteiger charge is -2.28. The zero-order valence-electron chi connectivity index (χ0n) is 13.0. The summed E-state index contributed by atoms with van der Waals surface area (Å²) >= 11 is 0. The summed E-state index contributed by atoms with van der Waals surface area (Å²) in [5, 5.41) is 0. The monoisotopic (exact) mass is 310 g/mol. The van der Waals surface area contributed by atoms with Crippen LogP contribution in [0.5, 0.6) is 5.75 Å². The Balaban J connectivity index is 2.19. The van der Waals surface area contributed by atoms with Gasteiger partial charge < -0.3 is 4.74 Å². The summed E-state index contributed by atoms with van der Waals surface area (Å²) in [6.07, 6.45) is 4.95. The highest BCUT2D eigenvalue weighted by atomic mass is 31.1. The molecule has 0 N–H and O–H groups in total. The van der Waals surface area contributed by atoms with Gasteiger partial charge in [0.2, 0.25) is 0 Å². The molecule has 0 spiro atoms. The fraction of sp³-hybridized carbons (Fsp3) is 0.588. The van der Waals surface area contributed by atoms with Crippen LogP contribution in [0.15, 0.2) is 12.1 Å². The molecular formula is C17H24FO2P. The molecule has 2 atom stereocenters. The molecule has 1 aromatic carbocycles. The van der Waals surface area contributed by atoms with Crippen molar-refractivity contribution in [1.29, 1.82) is 0 Å². The molecule has 0 aromatic heterocycles. The van der Waals surface area contributed by atoms with E-state index in [0.29, 0.717) is 24.6 Å². The van der Waals surface area contributed by atoms with Crippen LogP contribution in [0, 0.1) is 11.2 Å². The van der Waals surface area contributed by atoms with Gasteiger partial charge in [-0.2, -0.15) is 0 Å². The van der Waals surface area contributed by atoms with Gasteiger partial charge in [-0.25, -0.2) is 4.39 Å². The first kappa shape index (κ1) is 16.4. The minimum Gasteiger partial charge on any atom is -0.493 e. The van der Waals surface area contributed by atoms with Crippen LogP contribution < -0.4 is 4.74 Å². The Bertz CT molecular complexity index is 514. The average molecular weight is 310 g/mol.